The zero-order valence-electron chi connectivity index (χ0n) is 36.0. The van der Waals surface area contributed by atoms with Crippen molar-refractivity contribution in [2.45, 2.75) is 0 Å². The van der Waals surface area contributed by atoms with Gasteiger partial charge in [-0.2, -0.15) is 0 Å². The molecule has 0 fully saturated rings. The number of rotatable bonds is 4. The highest BCUT2D eigenvalue weighted by Crippen LogP contribution is 2.46. The van der Waals surface area contributed by atoms with E-state index in [2.05, 4.69) is 223 Å². The average Bonchev–Trinajstić information content (AvgIpc) is 4.10. The van der Waals surface area contributed by atoms with Crippen molar-refractivity contribution in [1.82, 2.24) is 9.38 Å². The van der Waals surface area contributed by atoms with E-state index in [9.17, 15) is 0 Å². The standard InChI is InChI=1S/C63H36N2S2/c1-3-12-43-37(10-1)28-30-52-50(43)33-34-55-60(52)64-63-62-54(59-46-13-4-2-11-38(46)29-35-58(59)67-62)36-56(65(55)63)42-26-24-40(25-27-42)45-32-31-44(48-14-5-6-15-49(45)48)39-20-22-41(23-21-39)47-17-9-18-53-51-16-7-8-19-57(51)66-61(47)53/h1-36H. The normalized spacial score (nSPS) is 12.2. The number of benzene rings is 11. The number of pyridine rings is 1. The van der Waals surface area contributed by atoms with Gasteiger partial charge in [0.2, 0.25) is 0 Å². The molecule has 0 amide bonds. The molecule has 15 rings (SSSR count). The molecule has 310 valence electrons. The Morgan fingerprint density at radius 3 is 1.64 bits per heavy atom. The van der Waals surface area contributed by atoms with E-state index >= 15 is 0 Å². The minimum atomic E-state index is 1.00. The molecule has 0 radical (unpaired) electrons. The van der Waals surface area contributed by atoms with E-state index in [0.717, 1.165) is 27.9 Å². The van der Waals surface area contributed by atoms with Crippen molar-refractivity contribution in [2.24, 2.45) is 0 Å². The van der Waals surface area contributed by atoms with Gasteiger partial charge >= 0.3 is 0 Å². The highest BCUT2D eigenvalue weighted by atomic mass is 32.1. The first-order valence-corrected chi connectivity index (χ1v) is 24.5. The fraction of sp³-hybridized carbons (Fsp3) is 0. The van der Waals surface area contributed by atoms with Crippen LogP contribution in [0.1, 0.15) is 0 Å². The molecule has 0 saturated heterocycles. The van der Waals surface area contributed by atoms with Crippen LogP contribution in [0, 0.1) is 0 Å². The van der Waals surface area contributed by atoms with Crippen LogP contribution in [0.2, 0.25) is 0 Å². The third-order valence-corrected chi connectivity index (χ3v) is 16.6. The van der Waals surface area contributed by atoms with Crippen molar-refractivity contribution in [1.29, 1.82) is 0 Å². The van der Waals surface area contributed by atoms with Crippen LogP contribution in [-0.2, 0) is 0 Å². The molecule has 4 aromatic heterocycles. The predicted octanol–water partition coefficient (Wildman–Crippen LogP) is 18.5. The van der Waals surface area contributed by atoms with Crippen molar-refractivity contribution < 1.29 is 0 Å². The maximum atomic E-state index is 5.59. The summed E-state index contributed by atoms with van der Waals surface area (Å²) >= 11 is 3.73. The van der Waals surface area contributed by atoms with Crippen molar-refractivity contribution in [2.75, 3.05) is 0 Å². The summed E-state index contributed by atoms with van der Waals surface area (Å²) in [5.41, 5.74) is 12.8. The molecule has 11 aromatic carbocycles. The van der Waals surface area contributed by atoms with E-state index in [4.69, 9.17) is 4.98 Å². The Kier molecular flexibility index (Phi) is 7.85. The SMILES string of the molecule is c1ccc2c(c1)ccc1c2ccc2c1nc1c3sc4ccc5ccccc5c4c3cc(-c3ccc(-c4ccc(-c5ccc(-c6cccc7c6sc6ccccc67)cc5)c5ccccc45)cc3)n21. The van der Waals surface area contributed by atoms with E-state index in [1.165, 1.54) is 117 Å². The highest BCUT2D eigenvalue weighted by molar-refractivity contribution is 7.27. The molecule has 2 nitrogen and oxygen atoms in total. The smallest absolute Gasteiger partial charge is 0.156 e. The summed E-state index contributed by atoms with van der Waals surface area (Å²) in [6.07, 6.45) is 0. The van der Waals surface area contributed by atoms with Gasteiger partial charge in [-0.15, -0.1) is 22.7 Å². The molecular formula is C63H36N2S2. The summed E-state index contributed by atoms with van der Waals surface area (Å²) in [6.45, 7) is 0. The lowest BCUT2D eigenvalue weighted by Crippen LogP contribution is -1.93. The molecule has 4 heteroatoms. The number of thiophene rings is 2. The average molecular weight is 885 g/mol. The van der Waals surface area contributed by atoms with Crippen molar-refractivity contribution in [3.05, 3.63) is 218 Å². The Morgan fingerprint density at radius 1 is 0.328 bits per heavy atom. The predicted molar refractivity (Wildman–Crippen MR) is 290 cm³/mol. The molecule has 0 aliphatic carbocycles. The van der Waals surface area contributed by atoms with Crippen LogP contribution in [0.4, 0.5) is 0 Å². The van der Waals surface area contributed by atoms with Crippen molar-refractivity contribution >= 4 is 123 Å². The Bertz CT molecular complexity index is 4550. The molecule has 0 bridgehead atoms. The van der Waals surface area contributed by atoms with Crippen molar-refractivity contribution in [3.63, 3.8) is 0 Å². The zero-order valence-corrected chi connectivity index (χ0v) is 37.6. The lowest BCUT2D eigenvalue weighted by atomic mass is 9.91. The largest absolute Gasteiger partial charge is 0.291 e. The van der Waals surface area contributed by atoms with Crippen LogP contribution in [0.15, 0.2) is 218 Å². The van der Waals surface area contributed by atoms with Gasteiger partial charge in [-0.1, -0.05) is 194 Å². The van der Waals surface area contributed by atoms with Gasteiger partial charge in [0.1, 0.15) is 0 Å². The Morgan fingerprint density at radius 2 is 0.896 bits per heavy atom. The lowest BCUT2D eigenvalue weighted by molar-refractivity contribution is 1.25. The van der Waals surface area contributed by atoms with Crippen LogP contribution in [0.5, 0.6) is 0 Å². The topological polar surface area (TPSA) is 17.3 Å². The maximum absolute atomic E-state index is 5.59. The second-order valence-corrected chi connectivity index (χ2v) is 19.9. The Balaban J connectivity index is 0.868. The number of hydrogen-bond acceptors (Lipinski definition) is 3. The molecular weight excluding hydrogens is 849 g/mol. The van der Waals surface area contributed by atoms with E-state index in [1.807, 2.05) is 22.7 Å². The fourth-order valence-corrected chi connectivity index (χ4v) is 13.5. The van der Waals surface area contributed by atoms with Gasteiger partial charge < -0.3 is 0 Å². The van der Waals surface area contributed by atoms with Crippen LogP contribution < -0.4 is 0 Å². The van der Waals surface area contributed by atoms with Crippen LogP contribution in [0.3, 0.4) is 0 Å². The van der Waals surface area contributed by atoms with Gasteiger partial charge in [-0.05, 0) is 101 Å². The van der Waals surface area contributed by atoms with E-state index in [0.29, 0.717) is 0 Å². The molecule has 0 aliphatic rings. The third-order valence-electron chi connectivity index (χ3n) is 14.2. The zero-order chi connectivity index (χ0) is 43.7. The second-order valence-electron chi connectivity index (χ2n) is 17.8. The number of fused-ring (bicyclic) bond motifs is 17. The van der Waals surface area contributed by atoms with Crippen LogP contribution in [0.25, 0.3) is 145 Å². The molecule has 0 unspecified atom stereocenters. The first-order chi connectivity index (χ1) is 33.2. The van der Waals surface area contributed by atoms with Crippen molar-refractivity contribution in [3.8, 4) is 44.6 Å². The third kappa shape index (κ3) is 5.46. The molecule has 4 heterocycles. The van der Waals surface area contributed by atoms with Gasteiger partial charge in [-0.25, -0.2) is 4.98 Å². The summed E-state index contributed by atoms with van der Waals surface area (Å²) in [5.74, 6) is 0. The summed E-state index contributed by atoms with van der Waals surface area (Å²) in [6, 6.07) is 80.8. The Labute approximate surface area is 392 Å². The summed E-state index contributed by atoms with van der Waals surface area (Å²) in [7, 11) is 0. The van der Waals surface area contributed by atoms with Crippen LogP contribution in [-0.4, -0.2) is 9.38 Å². The van der Waals surface area contributed by atoms with Gasteiger partial charge in [0.25, 0.3) is 0 Å². The molecule has 67 heavy (non-hydrogen) atoms. The maximum Gasteiger partial charge on any atom is 0.156 e. The number of imidazole rings is 1. The second kappa shape index (κ2) is 14.2. The molecule has 0 aliphatic heterocycles. The van der Waals surface area contributed by atoms with E-state index < -0.39 is 0 Å². The molecule has 0 atom stereocenters. The summed E-state index contributed by atoms with van der Waals surface area (Å²) in [4.78, 5) is 5.59. The van der Waals surface area contributed by atoms with E-state index in [1.54, 1.807) is 0 Å². The molecule has 15 aromatic rings. The number of aromatic nitrogens is 2. The van der Waals surface area contributed by atoms with E-state index in [-0.39, 0.29) is 0 Å². The Hall–Kier alpha value is -8.15. The minimum absolute atomic E-state index is 1.00. The molecule has 0 N–H and O–H groups in total. The first kappa shape index (κ1) is 37.1. The monoisotopic (exact) mass is 884 g/mol. The fourth-order valence-electron chi connectivity index (χ4n) is 11.1. The lowest BCUT2D eigenvalue weighted by Gasteiger charge is -2.14. The quantitative estimate of drug-likeness (QED) is 0.161. The molecule has 0 saturated carbocycles. The summed E-state index contributed by atoms with van der Waals surface area (Å²) < 4.78 is 7.58. The minimum Gasteiger partial charge on any atom is -0.291 e. The van der Waals surface area contributed by atoms with Gasteiger partial charge in [-0.3, -0.25) is 4.40 Å². The van der Waals surface area contributed by atoms with Gasteiger partial charge in [0, 0.05) is 41.0 Å². The number of nitrogens with zero attached hydrogens (tertiary/aromatic N) is 2. The first-order valence-electron chi connectivity index (χ1n) is 22.9. The highest BCUT2D eigenvalue weighted by Gasteiger charge is 2.21. The van der Waals surface area contributed by atoms with Crippen LogP contribution >= 0.6 is 22.7 Å². The van der Waals surface area contributed by atoms with Gasteiger partial charge in [0.05, 0.1) is 21.4 Å². The number of hydrogen-bond donors (Lipinski definition) is 0. The molecule has 0 spiro atoms. The van der Waals surface area contributed by atoms with Gasteiger partial charge in [0.15, 0.2) is 5.65 Å². The summed E-state index contributed by atoms with van der Waals surface area (Å²) in [5, 5.41) is 15.1.